The molecule has 1 aromatic carbocycles. The number of carbonyl (C=O) groups is 1. The van der Waals surface area contributed by atoms with Gasteiger partial charge in [-0.05, 0) is 55.7 Å². The van der Waals surface area contributed by atoms with Crippen LogP contribution in [0.3, 0.4) is 0 Å². The number of anilines is 3. The minimum Gasteiger partial charge on any atom is -0.384 e. The van der Waals surface area contributed by atoms with E-state index in [0.717, 1.165) is 59.5 Å². The minimum atomic E-state index is -0.101. The fraction of sp³-hybridized carbons (Fsp3) is 0.280. The Labute approximate surface area is 192 Å². The van der Waals surface area contributed by atoms with E-state index >= 15 is 0 Å². The molecule has 1 saturated heterocycles. The Bertz CT molecular complexity index is 1310. The summed E-state index contributed by atoms with van der Waals surface area (Å²) in [6.45, 7) is 1.97. The van der Waals surface area contributed by atoms with Gasteiger partial charge >= 0.3 is 0 Å². The first-order valence-corrected chi connectivity index (χ1v) is 11.3. The average Bonchev–Trinajstić information content (AvgIpc) is 3.18. The van der Waals surface area contributed by atoms with E-state index in [1.54, 1.807) is 16.9 Å². The molecule has 5 rings (SSSR count). The van der Waals surface area contributed by atoms with Crippen LogP contribution >= 0.6 is 0 Å². The third kappa shape index (κ3) is 4.64. The Hall–Kier alpha value is -3.94. The summed E-state index contributed by atoms with van der Waals surface area (Å²) in [6.07, 6.45) is 7.36. The summed E-state index contributed by atoms with van der Waals surface area (Å²) in [7, 11) is 1.91. The van der Waals surface area contributed by atoms with Gasteiger partial charge in [-0.1, -0.05) is 6.07 Å². The third-order valence-corrected chi connectivity index (χ3v) is 5.93. The van der Waals surface area contributed by atoms with Gasteiger partial charge in [-0.25, -0.2) is 4.98 Å². The molecular weight excluding hydrogens is 414 g/mol. The normalized spacial score (nSPS) is 13.9. The maximum absolute atomic E-state index is 13.0. The molecule has 8 heteroatoms. The molecule has 1 amide bonds. The van der Waals surface area contributed by atoms with E-state index in [-0.39, 0.29) is 12.3 Å². The van der Waals surface area contributed by atoms with Gasteiger partial charge in [0.25, 0.3) is 0 Å². The number of nitrogen functional groups attached to an aromatic ring is 1. The van der Waals surface area contributed by atoms with Crippen LogP contribution in [0.1, 0.15) is 25.0 Å². The number of carbonyl (C=O) groups excluding carboxylic acids is 1. The monoisotopic (exact) mass is 441 g/mol. The second kappa shape index (κ2) is 8.90. The van der Waals surface area contributed by atoms with Gasteiger partial charge in [0, 0.05) is 43.5 Å². The number of piperidine rings is 1. The molecule has 3 N–H and O–H groups in total. The molecule has 0 atom stereocenters. The molecule has 3 aromatic heterocycles. The SMILES string of the molecule is Cn1cc2cc(NC(=O)Cc3cccc(-c4ccnc(N)c4)n3)c(N3CCCCC3)cc2n1. The summed E-state index contributed by atoms with van der Waals surface area (Å²) < 4.78 is 1.80. The summed E-state index contributed by atoms with van der Waals surface area (Å²) in [5, 5.41) is 8.70. The maximum Gasteiger partial charge on any atom is 0.230 e. The van der Waals surface area contributed by atoms with Gasteiger partial charge in [-0.2, -0.15) is 5.10 Å². The first-order chi connectivity index (χ1) is 16.0. The first-order valence-electron chi connectivity index (χ1n) is 11.3. The Kier molecular flexibility index (Phi) is 5.64. The topological polar surface area (TPSA) is 102 Å². The van der Waals surface area contributed by atoms with Crippen LogP contribution < -0.4 is 16.0 Å². The predicted molar refractivity (Wildman–Crippen MR) is 131 cm³/mol. The van der Waals surface area contributed by atoms with Gasteiger partial charge in [0.1, 0.15) is 5.82 Å². The number of amides is 1. The number of pyridine rings is 2. The Morgan fingerprint density at radius 3 is 2.79 bits per heavy atom. The number of benzene rings is 1. The quantitative estimate of drug-likeness (QED) is 0.489. The van der Waals surface area contributed by atoms with Crippen LogP contribution in [0.5, 0.6) is 0 Å². The van der Waals surface area contributed by atoms with Gasteiger partial charge in [-0.3, -0.25) is 14.5 Å². The molecule has 33 heavy (non-hydrogen) atoms. The number of nitrogens with one attached hydrogen (secondary N) is 1. The second-order valence-corrected chi connectivity index (χ2v) is 8.49. The molecule has 0 aliphatic carbocycles. The smallest absolute Gasteiger partial charge is 0.230 e. The van der Waals surface area contributed by atoms with Crippen LogP contribution in [-0.4, -0.2) is 38.7 Å². The maximum atomic E-state index is 13.0. The molecule has 0 spiro atoms. The highest BCUT2D eigenvalue weighted by molar-refractivity contribution is 5.99. The van der Waals surface area contributed by atoms with Gasteiger partial charge in [0.2, 0.25) is 5.91 Å². The van der Waals surface area contributed by atoms with E-state index in [0.29, 0.717) is 11.5 Å². The summed E-state index contributed by atoms with van der Waals surface area (Å²) >= 11 is 0. The van der Waals surface area contributed by atoms with Crippen molar-refractivity contribution >= 4 is 34.0 Å². The summed E-state index contributed by atoms with van der Waals surface area (Å²) in [5.41, 5.74) is 10.9. The van der Waals surface area contributed by atoms with E-state index in [1.807, 2.05) is 43.6 Å². The van der Waals surface area contributed by atoms with Crippen molar-refractivity contribution in [3.05, 3.63) is 60.6 Å². The fourth-order valence-corrected chi connectivity index (χ4v) is 4.39. The minimum absolute atomic E-state index is 0.101. The molecule has 8 nitrogen and oxygen atoms in total. The average molecular weight is 442 g/mol. The molecule has 4 heterocycles. The molecule has 1 fully saturated rings. The molecule has 0 unspecified atom stereocenters. The van der Waals surface area contributed by atoms with E-state index < -0.39 is 0 Å². The van der Waals surface area contributed by atoms with Gasteiger partial charge in [0.15, 0.2) is 0 Å². The van der Waals surface area contributed by atoms with Gasteiger partial charge < -0.3 is 16.0 Å². The highest BCUT2D eigenvalue weighted by Gasteiger charge is 2.18. The van der Waals surface area contributed by atoms with Crippen molar-refractivity contribution < 1.29 is 4.79 Å². The van der Waals surface area contributed by atoms with Crippen molar-refractivity contribution in [3.8, 4) is 11.3 Å². The highest BCUT2D eigenvalue weighted by atomic mass is 16.1. The van der Waals surface area contributed by atoms with Crippen molar-refractivity contribution in [1.82, 2.24) is 19.7 Å². The highest BCUT2D eigenvalue weighted by Crippen LogP contribution is 2.33. The molecule has 1 aliphatic heterocycles. The molecule has 0 bridgehead atoms. The number of hydrogen-bond donors (Lipinski definition) is 2. The van der Waals surface area contributed by atoms with Crippen LogP contribution in [0.15, 0.2) is 54.9 Å². The van der Waals surface area contributed by atoms with Gasteiger partial charge in [0.05, 0.1) is 34.7 Å². The van der Waals surface area contributed by atoms with Crippen molar-refractivity contribution in [1.29, 1.82) is 0 Å². The molecule has 168 valence electrons. The van der Waals surface area contributed by atoms with Crippen LogP contribution in [0.4, 0.5) is 17.2 Å². The first kappa shape index (κ1) is 20.9. The largest absolute Gasteiger partial charge is 0.384 e. The number of aromatic nitrogens is 4. The lowest BCUT2D eigenvalue weighted by atomic mass is 10.1. The van der Waals surface area contributed by atoms with Gasteiger partial charge in [-0.15, -0.1) is 0 Å². The lowest BCUT2D eigenvalue weighted by Crippen LogP contribution is -2.30. The van der Waals surface area contributed by atoms with Crippen LogP contribution in [-0.2, 0) is 18.3 Å². The molecule has 0 saturated carbocycles. The number of fused-ring (bicyclic) bond motifs is 1. The van der Waals surface area contributed by atoms with Crippen LogP contribution in [0.25, 0.3) is 22.2 Å². The van der Waals surface area contributed by atoms with Crippen molar-refractivity contribution in [2.75, 3.05) is 29.0 Å². The van der Waals surface area contributed by atoms with E-state index in [4.69, 9.17) is 5.73 Å². The predicted octanol–water partition coefficient (Wildman–Crippen LogP) is 3.78. The number of nitrogens with zero attached hydrogens (tertiary/aromatic N) is 5. The number of rotatable bonds is 5. The van der Waals surface area contributed by atoms with E-state index in [2.05, 4.69) is 31.3 Å². The molecule has 1 aliphatic rings. The number of nitrogens with two attached hydrogens (primary N) is 1. The molecular formula is C25H27N7O. The van der Waals surface area contributed by atoms with E-state index in [1.165, 1.54) is 6.42 Å². The zero-order valence-corrected chi connectivity index (χ0v) is 18.7. The Balaban J connectivity index is 1.39. The summed E-state index contributed by atoms with van der Waals surface area (Å²) in [5.74, 6) is 0.337. The lowest BCUT2D eigenvalue weighted by Gasteiger charge is -2.30. The fourth-order valence-electron chi connectivity index (χ4n) is 4.39. The van der Waals surface area contributed by atoms with Crippen molar-refractivity contribution in [3.63, 3.8) is 0 Å². The summed E-state index contributed by atoms with van der Waals surface area (Å²) in [6, 6.07) is 13.4. The molecule has 0 radical (unpaired) electrons. The summed E-state index contributed by atoms with van der Waals surface area (Å²) in [4.78, 5) is 24.1. The zero-order valence-electron chi connectivity index (χ0n) is 18.7. The van der Waals surface area contributed by atoms with Crippen LogP contribution in [0.2, 0.25) is 0 Å². The lowest BCUT2D eigenvalue weighted by molar-refractivity contribution is -0.115. The second-order valence-electron chi connectivity index (χ2n) is 8.49. The van der Waals surface area contributed by atoms with Crippen molar-refractivity contribution in [2.45, 2.75) is 25.7 Å². The number of hydrogen-bond acceptors (Lipinski definition) is 6. The van der Waals surface area contributed by atoms with Crippen LogP contribution in [0, 0.1) is 0 Å². The van der Waals surface area contributed by atoms with Crippen molar-refractivity contribution in [2.24, 2.45) is 7.05 Å². The Morgan fingerprint density at radius 1 is 1.12 bits per heavy atom. The number of aryl methyl sites for hydroxylation is 1. The molecule has 4 aromatic rings. The van der Waals surface area contributed by atoms with E-state index in [9.17, 15) is 4.79 Å². The standard InChI is InChI=1S/C25H27N7O/c1-31-16-18-12-22(23(15-21(18)30-31)32-10-3-2-4-11-32)29-25(33)14-19-6-5-7-20(28-19)17-8-9-27-24(26)13-17/h5-9,12-13,15-16H,2-4,10-11,14H2,1H3,(H2,26,27)(H,29,33). The Morgan fingerprint density at radius 2 is 1.97 bits per heavy atom. The zero-order chi connectivity index (χ0) is 22.8. The third-order valence-electron chi connectivity index (χ3n) is 5.93.